The molecule has 2 rings (SSSR count). The molecule has 0 bridgehead atoms. The van der Waals surface area contributed by atoms with E-state index in [1.807, 2.05) is 18.2 Å². The second-order valence-corrected chi connectivity index (χ2v) is 5.26. The average Bonchev–Trinajstić information content (AvgIpc) is 2.34. The van der Waals surface area contributed by atoms with Gasteiger partial charge in [0.2, 0.25) is 0 Å². The Morgan fingerprint density at radius 3 is 2.76 bits per heavy atom. The second kappa shape index (κ2) is 5.21. The van der Waals surface area contributed by atoms with Crippen LogP contribution in [0, 0.1) is 11.3 Å². The fourth-order valence-electron chi connectivity index (χ4n) is 1.26. The molecule has 0 atom stereocenters. The van der Waals surface area contributed by atoms with E-state index in [-0.39, 0.29) is 0 Å². The zero-order chi connectivity index (χ0) is 12.3. The molecule has 5 heteroatoms. The van der Waals surface area contributed by atoms with Crippen molar-refractivity contribution in [1.29, 1.82) is 5.26 Å². The maximum atomic E-state index is 9.02. The van der Waals surface area contributed by atoms with Gasteiger partial charge in [-0.2, -0.15) is 5.26 Å². The van der Waals surface area contributed by atoms with Gasteiger partial charge in [-0.25, -0.2) is 4.98 Å². The van der Waals surface area contributed by atoms with Gasteiger partial charge >= 0.3 is 0 Å². The monoisotopic (exact) mass is 305 g/mol. The molecule has 1 heterocycles. The topological polar surface area (TPSA) is 62.7 Å². The fraction of sp³-hybridized carbons (Fsp3) is 0. The molecule has 0 fully saturated rings. The van der Waals surface area contributed by atoms with E-state index in [4.69, 9.17) is 11.0 Å². The number of nitrogens with two attached hydrogens (primary N) is 1. The summed E-state index contributed by atoms with van der Waals surface area (Å²) < 4.78 is 0.930. The van der Waals surface area contributed by atoms with Gasteiger partial charge in [-0.1, -0.05) is 11.8 Å². The number of hydrogen-bond acceptors (Lipinski definition) is 4. The molecule has 17 heavy (non-hydrogen) atoms. The van der Waals surface area contributed by atoms with E-state index in [0.717, 1.165) is 14.4 Å². The van der Waals surface area contributed by atoms with Crippen LogP contribution in [-0.4, -0.2) is 4.98 Å². The smallest absolute Gasteiger partial charge is 0.101 e. The minimum atomic E-state index is 0.569. The molecule has 2 N–H and O–H groups in total. The van der Waals surface area contributed by atoms with Crippen molar-refractivity contribution in [2.45, 2.75) is 9.92 Å². The number of hydrogen-bond donors (Lipinski definition) is 1. The van der Waals surface area contributed by atoms with Crippen LogP contribution in [0.4, 0.5) is 5.69 Å². The quantitative estimate of drug-likeness (QED) is 0.863. The molecule has 0 aliphatic rings. The molecule has 3 nitrogen and oxygen atoms in total. The van der Waals surface area contributed by atoms with E-state index < -0.39 is 0 Å². The largest absolute Gasteiger partial charge is 0.399 e. The molecular weight excluding hydrogens is 298 g/mol. The number of pyridine rings is 1. The second-order valence-electron chi connectivity index (χ2n) is 3.28. The summed E-state index contributed by atoms with van der Waals surface area (Å²) >= 11 is 4.77. The molecule has 0 spiro atoms. The van der Waals surface area contributed by atoms with E-state index >= 15 is 0 Å². The Bertz CT molecular complexity index is 575. The van der Waals surface area contributed by atoms with Crippen molar-refractivity contribution in [3.63, 3.8) is 0 Å². The molecule has 0 radical (unpaired) electrons. The van der Waals surface area contributed by atoms with Crippen LogP contribution in [0.2, 0.25) is 0 Å². The highest BCUT2D eigenvalue weighted by molar-refractivity contribution is 9.10. The number of nitrogens with zero attached hydrogens (tertiary/aromatic N) is 2. The van der Waals surface area contributed by atoms with Gasteiger partial charge in [-0.15, -0.1) is 0 Å². The Morgan fingerprint density at radius 2 is 2.12 bits per heavy atom. The highest BCUT2D eigenvalue weighted by Gasteiger charge is 2.05. The van der Waals surface area contributed by atoms with Crippen molar-refractivity contribution in [3.8, 4) is 6.07 Å². The van der Waals surface area contributed by atoms with Crippen LogP contribution in [0.5, 0.6) is 0 Å². The Morgan fingerprint density at radius 1 is 1.29 bits per heavy atom. The zero-order valence-electron chi connectivity index (χ0n) is 8.72. The molecule has 84 valence electrons. The van der Waals surface area contributed by atoms with Gasteiger partial charge in [0.05, 0.1) is 5.56 Å². The van der Waals surface area contributed by atoms with Crippen LogP contribution in [0.1, 0.15) is 5.56 Å². The number of aromatic nitrogens is 1. The number of anilines is 1. The predicted octanol–water partition coefficient (Wildman–Crippen LogP) is 3.45. The molecule has 0 amide bonds. The Labute approximate surface area is 112 Å². The van der Waals surface area contributed by atoms with Crippen molar-refractivity contribution in [2.24, 2.45) is 0 Å². The van der Waals surface area contributed by atoms with E-state index in [1.54, 1.807) is 18.3 Å². The van der Waals surface area contributed by atoms with Crippen LogP contribution >= 0.6 is 27.7 Å². The van der Waals surface area contributed by atoms with Gasteiger partial charge in [0.25, 0.3) is 0 Å². The number of rotatable bonds is 2. The molecular formula is C12H8BrN3S. The van der Waals surface area contributed by atoms with E-state index in [2.05, 4.69) is 27.0 Å². The normalized spacial score (nSPS) is 9.88. The van der Waals surface area contributed by atoms with Crippen LogP contribution in [0.3, 0.4) is 0 Å². The standard InChI is InChI=1S/C12H8BrN3S/c13-9-1-4-12(16-7-9)17-11-3-2-10(15)5-8(11)6-14/h1-5,7H,15H2. The van der Waals surface area contributed by atoms with E-state index in [1.165, 1.54) is 11.8 Å². The van der Waals surface area contributed by atoms with Crippen molar-refractivity contribution >= 4 is 33.4 Å². The fourth-order valence-corrected chi connectivity index (χ4v) is 2.31. The summed E-state index contributed by atoms with van der Waals surface area (Å²) in [6, 6.07) is 11.2. The van der Waals surface area contributed by atoms with Gasteiger partial charge in [-0.3, -0.25) is 0 Å². The van der Waals surface area contributed by atoms with Crippen LogP contribution in [0.15, 0.2) is 50.9 Å². The summed E-state index contributed by atoms with van der Waals surface area (Å²) in [6.45, 7) is 0. The Balaban J connectivity index is 2.30. The maximum Gasteiger partial charge on any atom is 0.101 e. The first-order chi connectivity index (χ1) is 8.19. The number of benzene rings is 1. The Hall–Kier alpha value is -1.51. The minimum Gasteiger partial charge on any atom is -0.399 e. The van der Waals surface area contributed by atoms with Gasteiger partial charge in [0.15, 0.2) is 0 Å². The predicted molar refractivity (Wildman–Crippen MR) is 71.6 cm³/mol. The number of nitrogen functional groups attached to an aromatic ring is 1. The van der Waals surface area contributed by atoms with E-state index in [9.17, 15) is 0 Å². The van der Waals surface area contributed by atoms with Crippen LogP contribution in [0.25, 0.3) is 0 Å². The third-order valence-corrected chi connectivity index (χ3v) is 3.53. The summed E-state index contributed by atoms with van der Waals surface area (Å²) in [6.07, 6.45) is 1.73. The van der Waals surface area contributed by atoms with Gasteiger partial charge in [0, 0.05) is 21.3 Å². The first kappa shape index (κ1) is 12.0. The molecule has 0 saturated heterocycles. The van der Waals surface area contributed by atoms with Gasteiger partial charge in [0.1, 0.15) is 11.1 Å². The summed E-state index contributed by atoms with van der Waals surface area (Å²) in [7, 11) is 0. The van der Waals surface area contributed by atoms with Crippen molar-refractivity contribution < 1.29 is 0 Å². The highest BCUT2D eigenvalue weighted by atomic mass is 79.9. The first-order valence-electron chi connectivity index (χ1n) is 4.78. The lowest BCUT2D eigenvalue weighted by atomic mass is 10.2. The molecule has 1 aromatic carbocycles. The van der Waals surface area contributed by atoms with Crippen molar-refractivity contribution in [2.75, 3.05) is 5.73 Å². The third kappa shape index (κ3) is 2.99. The molecule has 0 saturated carbocycles. The summed E-state index contributed by atoms with van der Waals surface area (Å²) in [5, 5.41) is 9.86. The molecule has 0 aliphatic carbocycles. The van der Waals surface area contributed by atoms with Crippen molar-refractivity contribution in [1.82, 2.24) is 4.98 Å². The summed E-state index contributed by atoms with van der Waals surface area (Å²) in [4.78, 5) is 5.10. The third-order valence-electron chi connectivity index (χ3n) is 2.04. The lowest BCUT2D eigenvalue weighted by Crippen LogP contribution is -1.88. The van der Waals surface area contributed by atoms with Gasteiger partial charge in [-0.05, 0) is 46.3 Å². The number of nitriles is 1. The lowest BCUT2D eigenvalue weighted by Gasteiger charge is -2.04. The Kier molecular flexibility index (Phi) is 3.67. The average molecular weight is 306 g/mol. The maximum absolute atomic E-state index is 9.02. The zero-order valence-corrected chi connectivity index (χ0v) is 11.1. The first-order valence-corrected chi connectivity index (χ1v) is 6.39. The number of halogens is 1. The van der Waals surface area contributed by atoms with Crippen LogP contribution < -0.4 is 5.73 Å². The van der Waals surface area contributed by atoms with Gasteiger partial charge < -0.3 is 5.73 Å². The summed E-state index contributed by atoms with van der Waals surface area (Å²) in [5.74, 6) is 0. The van der Waals surface area contributed by atoms with Crippen LogP contribution in [-0.2, 0) is 0 Å². The minimum absolute atomic E-state index is 0.569. The summed E-state index contributed by atoms with van der Waals surface area (Å²) in [5.41, 5.74) is 6.80. The lowest BCUT2D eigenvalue weighted by molar-refractivity contribution is 1.12. The molecule has 2 aromatic rings. The van der Waals surface area contributed by atoms with Crippen molar-refractivity contribution in [3.05, 3.63) is 46.6 Å². The highest BCUT2D eigenvalue weighted by Crippen LogP contribution is 2.30. The molecule has 1 aromatic heterocycles. The SMILES string of the molecule is N#Cc1cc(N)ccc1Sc1ccc(Br)cn1. The molecule has 0 aliphatic heterocycles. The molecule has 0 unspecified atom stereocenters. The van der Waals surface area contributed by atoms with E-state index in [0.29, 0.717) is 11.3 Å².